The van der Waals surface area contributed by atoms with Crippen molar-refractivity contribution >= 4 is 44.9 Å². The Hall–Kier alpha value is -7.94. The lowest BCUT2D eigenvalue weighted by atomic mass is 10.00. The summed E-state index contributed by atoms with van der Waals surface area (Å²) in [5, 5.41) is 2.46. The van der Waals surface area contributed by atoms with Gasteiger partial charge in [-0.25, -0.2) is 0 Å². The molecule has 0 atom stereocenters. The third-order valence-corrected chi connectivity index (χ3v) is 11.3. The van der Waals surface area contributed by atoms with Gasteiger partial charge in [-0.1, -0.05) is 182 Å². The molecule has 10 aromatic rings. The van der Waals surface area contributed by atoms with Crippen molar-refractivity contribution in [1.29, 1.82) is 0 Å². The Morgan fingerprint density at radius 2 is 0.417 bits per heavy atom. The molecule has 2 nitrogen and oxygen atoms in total. The predicted molar refractivity (Wildman–Crippen MR) is 255 cm³/mol. The summed E-state index contributed by atoms with van der Waals surface area (Å²) in [6.45, 7) is 0. The smallest absolute Gasteiger partial charge is 0.0468 e. The topological polar surface area (TPSA) is 6.48 Å². The zero-order valence-electron chi connectivity index (χ0n) is 33.1. The van der Waals surface area contributed by atoms with Crippen LogP contribution in [0.2, 0.25) is 0 Å². The van der Waals surface area contributed by atoms with Crippen molar-refractivity contribution in [3.05, 3.63) is 255 Å². The molecule has 0 saturated carbocycles. The summed E-state index contributed by atoms with van der Waals surface area (Å²) in [4.78, 5) is 4.66. The fraction of sp³-hybridized carbons (Fsp3) is 0. The standard InChI is InChI=1S/C58H42N2/c1-4-12-43(13-5-1)46-20-22-47(23-21-46)49-26-35-55(36-27-49)59(54-33-24-48(25-34-54)44-14-6-2-7-15-44)56-37-28-50(29-38-56)51-30-39-57(40-31-51)60(53-18-8-3-9-19-53)58-41-32-45-16-10-11-17-52(45)42-58/h1-42H. The maximum atomic E-state index is 2.34. The van der Waals surface area contributed by atoms with E-state index in [0.29, 0.717) is 0 Å². The minimum Gasteiger partial charge on any atom is -0.311 e. The molecular weight excluding hydrogens is 725 g/mol. The van der Waals surface area contributed by atoms with Gasteiger partial charge in [0, 0.05) is 34.1 Å². The third-order valence-electron chi connectivity index (χ3n) is 11.3. The zero-order chi connectivity index (χ0) is 40.1. The molecule has 0 aliphatic rings. The molecule has 0 amide bonds. The van der Waals surface area contributed by atoms with Crippen LogP contribution in [0.15, 0.2) is 255 Å². The first-order chi connectivity index (χ1) is 29.7. The minimum absolute atomic E-state index is 1.09. The summed E-state index contributed by atoms with van der Waals surface area (Å²) in [6, 6.07) is 91.4. The quantitative estimate of drug-likeness (QED) is 0.137. The van der Waals surface area contributed by atoms with Crippen LogP contribution in [0.1, 0.15) is 0 Å². The van der Waals surface area contributed by atoms with Crippen LogP contribution >= 0.6 is 0 Å². The average Bonchev–Trinajstić information content (AvgIpc) is 3.34. The highest BCUT2D eigenvalue weighted by Crippen LogP contribution is 2.40. The highest BCUT2D eigenvalue weighted by molar-refractivity contribution is 5.90. The molecule has 0 saturated heterocycles. The predicted octanol–water partition coefficient (Wildman–Crippen LogP) is 16.4. The second-order valence-electron chi connectivity index (χ2n) is 15.0. The Kier molecular flexibility index (Phi) is 10.0. The molecule has 10 rings (SSSR count). The monoisotopic (exact) mass is 766 g/mol. The van der Waals surface area contributed by atoms with Gasteiger partial charge < -0.3 is 9.80 Å². The highest BCUT2D eigenvalue weighted by Gasteiger charge is 2.16. The molecule has 0 N–H and O–H groups in total. The van der Waals surface area contributed by atoms with Crippen LogP contribution < -0.4 is 9.80 Å². The summed E-state index contributed by atoms with van der Waals surface area (Å²) in [6.07, 6.45) is 0. The van der Waals surface area contributed by atoms with Gasteiger partial charge in [-0.3, -0.25) is 0 Å². The molecule has 0 bridgehead atoms. The Morgan fingerprint density at radius 1 is 0.167 bits per heavy atom. The first-order valence-corrected chi connectivity index (χ1v) is 20.5. The summed E-state index contributed by atoms with van der Waals surface area (Å²) in [5.74, 6) is 0. The molecule has 10 aromatic carbocycles. The van der Waals surface area contributed by atoms with Crippen molar-refractivity contribution in [2.75, 3.05) is 9.80 Å². The lowest BCUT2D eigenvalue weighted by molar-refractivity contribution is 1.28. The van der Waals surface area contributed by atoms with Crippen molar-refractivity contribution in [2.24, 2.45) is 0 Å². The van der Waals surface area contributed by atoms with Crippen molar-refractivity contribution in [3.63, 3.8) is 0 Å². The number of hydrogen-bond acceptors (Lipinski definition) is 2. The van der Waals surface area contributed by atoms with Crippen LogP contribution in [0.3, 0.4) is 0 Å². The molecule has 0 radical (unpaired) electrons. The number of fused-ring (bicyclic) bond motifs is 1. The second-order valence-corrected chi connectivity index (χ2v) is 15.0. The summed E-state index contributed by atoms with van der Waals surface area (Å²) in [7, 11) is 0. The number of para-hydroxylation sites is 1. The van der Waals surface area contributed by atoms with Crippen LogP contribution in [-0.4, -0.2) is 0 Å². The van der Waals surface area contributed by atoms with Crippen LogP contribution in [0.4, 0.5) is 34.1 Å². The van der Waals surface area contributed by atoms with Gasteiger partial charge in [-0.15, -0.1) is 0 Å². The second kappa shape index (κ2) is 16.5. The van der Waals surface area contributed by atoms with Gasteiger partial charge in [0.1, 0.15) is 0 Å². The molecule has 2 heteroatoms. The van der Waals surface area contributed by atoms with E-state index in [4.69, 9.17) is 0 Å². The molecular formula is C58H42N2. The Bertz CT molecular complexity index is 2960. The van der Waals surface area contributed by atoms with Gasteiger partial charge in [0.2, 0.25) is 0 Å². The Labute approximate surface area is 352 Å². The molecule has 0 aliphatic heterocycles. The lowest BCUT2D eigenvalue weighted by Crippen LogP contribution is -2.10. The summed E-state index contributed by atoms with van der Waals surface area (Å²) in [5.41, 5.74) is 16.2. The van der Waals surface area contributed by atoms with Gasteiger partial charge in [0.15, 0.2) is 0 Å². The average molecular weight is 767 g/mol. The Morgan fingerprint density at radius 3 is 0.800 bits per heavy atom. The molecule has 60 heavy (non-hydrogen) atoms. The van der Waals surface area contributed by atoms with Gasteiger partial charge in [-0.05, 0) is 128 Å². The zero-order valence-corrected chi connectivity index (χ0v) is 33.1. The van der Waals surface area contributed by atoms with E-state index in [1.807, 2.05) is 0 Å². The number of hydrogen-bond donors (Lipinski definition) is 0. The first kappa shape index (κ1) is 36.4. The number of nitrogens with zero attached hydrogens (tertiary/aromatic N) is 2. The van der Waals surface area contributed by atoms with E-state index in [-0.39, 0.29) is 0 Å². The van der Waals surface area contributed by atoms with Crippen LogP contribution in [0.5, 0.6) is 0 Å². The van der Waals surface area contributed by atoms with Gasteiger partial charge >= 0.3 is 0 Å². The van der Waals surface area contributed by atoms with Crippen LogP contribution in [-0.2, 0) is 0 Å². The van der Waals surface area contributed by atoms with Crippen LogP contribution in [0.25, 0.3) is 55.3 Å². The Balaban J connectivity index is 0.954. The maximum absolute atomic E-state index is 2.34. The van der Waals surface area contributed by atoms with Crippen molar-refractivity contribution in [1.82, 2.24) is 0 Å². The van der Waals surface area contributed by atoms with E-state index in [0.717, 1.165) is 39.7 Å². The highest BCUT2D eigenvalue weighted by atomic mass is 15.1. The summed E-state index contributed by atoms with van der Waals surface area (Å²) >= 11 is 0. The van der Waals surface area contributed by atoms with E-state index in [9.17, 15) is 0 Å². The molecule has 0 unspecified atom stereocenters. The molecule has 0 fully saturated rings. The molecule has 284 valence electrons. The first-order valence-electron chi connectivity index (χ1n) is 20.5. The molecule has 0 aliphatic carbocycles. The van der Waals surface area contributed by atoms with Gasteiger partial charge in [-0.2, -0.15) is 0 Å². The number of anilines is 6. The van der Waals surface area contributed by atoms with E-state index >= 15 is 0 Å². The van der Waals surface area contributed by atoms with E-state index in [2.05, 4.69) is 265 Å². The van der Waals surface area contributed by atoms with Crippen LogP contribution in [0, 0.1) is 0 Å². The fourth-order valence-corrected chi connectivity index (χ4v) is 8.12. The normalized spacial score (nSPS) is 11.0. The number of rotatable bonds is 10. The third kappa shape index (κ3) is 7.58. The fourth-order valence-electron chi connectivity index (χ4n) is 8.12. The largest absolute Gasteiger partial charge is 0.311 e. The summed E-state index contributed by atoms with van der Waals surface area (Å²) < 4.78 is 0. The molecule has 0 heterocycles. The van der Waals surface area contributed by atoms with E-state index in [1.54, 1.807) is 0 Å². The molecule has 0 spiro atoms. The number of benzene rings is 10. The molecule has 0 aromatic heterocycles. The van der Waals surface area contributed by atoms with Crippen molar-refractivity contribution in [3.8, 4) is 44.5 Å². The lowest BCUT2D eigenvalue weighted by Gasteiger charge is -2.26. The van der Waals surface area contributed by atoms with Gasteiger partial charge in [0.05, 0.1) is 0 Å². The van der Waals surface area contributed by atoms with E-state index in [1.165, 1.54) is 49.7 Å². The van der Waals surface area contributed by atoms with Gasteiger partial charge in [0.25, 0.3) is 0 Å². The van der Waals surface area contributed by atoms with Crippen molar-refractivity contribution < 1.29 is 0 Å². The maximum Gasteiger partial charge on any atom is 0.0468 e. The SMILES string of the molecule is c1ccc(-c2ccc(-c3ccc(N(c4ccc(-c5ccccc5)cc4)c4ccc(-c5ccc(N(c6ccccc6)c6ccc7ccccc7c6)cc5)cc4)cc3)cc2)cc1. The van der Waals surface area contributed by atoms with Crippen molar-refractivity contribution in [2.45, 2.75) is 0 Å². The van der Waals surface area contributed by atoms with E-state index < -0.39 is 0 Å². The minimum atomic E-state index is 1.09.